The van der Waals surface area contributed by atoms with Crippen LogP contribution in [0.2, 0.25) is 0 Å². The fourth-order valence-electron chi connectivity index (χ4n) is 5.09. The van der Waals surface area contributed by atoms with E-state index in [1.165, 1.54) is 161 Å². The summed E-state index contributed by atoms with van der Waals surface area (Å²) < 4.78 is 5.19. The molecule has 0 saturated heterocycles. The SMILES string of the molecule is CCCCCCCCCCCCCc1n(CCCCCC)cc[n+]1CCCCCCCCC. The molecule has 1 aromatic heterocycles. The number of hydrogen-bond acceptors (Lipinski definition) is 0. The summed E-state index contributed by atoms with van der Waals surface area (Å²) in [4.78, 5) is 0. The molecule has 0 atom stereocenters. The summed E-state index contributed by atoms with van der Waals surface area (Å²) in [5, 5.41) is 0. The van der Waals surface area contributed by atoms with E-state index in [1.807, 2.05) is 0 Å². The highest BCUT2D eigenvalue weighted by atomic mass is 15.1. The zero-order chi connectivity index (χ0) is 23.8. The Kier molecular flexibility index (Phi) is 21.1. The van der Waals surface area contributed by atoms with E-state index in [9.17, 15) is 0 Å². The van der Waals surface area contributed by atoms with Gasteiger partial charge in [0.2, 0.25) is 0 Å². The quantitative estimate of drug-likeness (QED) is 0.101. The predicted molar refractivity (Wildman–Crippen MR) is 147 cm³/mol. The van der Waals surface area contributed by atoms with Crippen LogP contribution in [-0.4, -0.2) is 4.57 Å². The molecule has 0 fully saturated rings. The van der Waals surface area contributed by atoms with Gasteiger partial charge in [-0.25, -0.2) is 9.13 Å². The molecule has 2 heteroatoms. The zero-order valence-electron chi connectivity index (χ0n) is 23.2. The summed E-state index contributed by atoms with van der Waals surface area (Å²) >= 11 is 0. The molecule has 0 radical (unpaired) electrons. The van der Waals surface area contributed by atoms with Gasteiger partial charge in [-0.15, -0.1) is 0 Å². The van der Waals surface area contributed by atoms with E-state index < -0.39 is 0 Å². The van der Waals surface area contributed by atoms with Gasteiger partial charge in [0, 0.05) is 6.42 Å². The number of hydrogen-bond donors (Lipinski definition) is 0. The fourth-order valence-corrected chi connectivity index (χ4v) is 5.09. The van der Waals surface area contributed by atoms with Gasteiger partial charge in [0.05, 0.1) is 13.1 Å². The highest BCUT2D eigenvalue weighted by molar-refractivity contribution is 4.84. The monoisotopic (exact) mass is 461 g/mol. The summed E-state index contributed by atoms with van der Waals surface area (Å²) in [7, 11) is 0. The van der Waals surface area contributed by atoms with Crippen molar-refractivity contribution in [3.8, 4) is 0 Å². The smallest absolute Gasteiger partial charge is 0.234 e. The Morgan fingerprint density at radius 3 is 1.45 bits per heavy atom. The van der Waals surface area contributed by atoms with Crippen LogP contribution in [0.25, 0.3) is 0 Å². The molecular formula is C31H61N2+. The lowest BCUT2D eigenvalue weighted by molar-refractivity contribution is -0.704. The minimum atomic E-state index is 1.22. The maximum Gasteiger partial charge on any atom is 0.256 e. The molecule has 1 rings (SSSR count). The third kappa shape index (κ3) is 16.5. The second-order valence-electron chi connectivity index (χ2n) is 10.6. The molecule has 1 heterocycles. The Morgan fingerprint density at radius 1 is 0.515 bits per heavy atom. The summed E-state index contributed by atoms with van der Waals surface area (Å²) in [6, 6.07) is 0. The van der Waals surface area contributed by atoms with Crippen LogP contribution in [0.5, 0.6) is 0 Å². The van der Waals surface area contributed by atoms with Gasteiger partial charge in [0.25, 0.3) is 5.82 Å². The van der Waals surface area contributed by atoms with E-state index in [0.717, 1.165) is 0 Å². The van der Waals surface area contributed by atoms with E-state index in [1.54, 1.807) is 5.82 Å². The lowest BCUT2D eigenvalue weighted by atomic mass is 10.1. The molecule has 0 unspecified atom stereocenters. The van der Waals surface area contributed by atoms with Crippen LogP contribution in [0.1, 0.15) is 168 Å². The van der Waals surface area contributed by atoms with E-state index in [0.29, 0.717) is 0 Å². The molecule has 0 spiro atoms. The van der Waals surface area contributed by atoms with Gasteiger partial charge in [-0.2, -0.15) is 0 Å². The highest BCUT2D eigenvalue weighted by Crippen LogP contribution is 2.13. The van der Waals surface area contributed by atoms with Crippen LogP contribution >= 0.6 is 0 Å². The van der Waals surface area contributed by atoms with Crippen molar-refractivity contribution in [2.75, 3.05) is 0 Å². The van der Waals surface area contributed by atoms with Gasteiger partial charge in [0.15, 0.2) is 0 Å². The van der Waals surface area contributed by atoms with Gasteiger partial charge in [-0.3, -0.25) is 0 Å². The first-order valence-corrected chi connectivity index (χ1v) is 15.4. The molecule has 0 aliphatic carbocycles. The van der Waals surface area contributed by atoms with Crippen LogP contribution in [0.3, 0.4) is 0 Å². The molecule has 2 nitrogen and oxygen atoms in total. The number of nitrogens with zero attached hydrogens (tertiary/aromatic N) is 2. The van der Waals surface area contributed by atoms with Crippen LogP contribution in [0.15, 0.2) is 12.4 Å². The van der Waals surface area contributed by atoms with Gasteiger partial charge >= 0.3 is 0 Å². The van der Waals surface area contributed by atoms with E-state index in [4.69, 9.17) is 0 Å². The van der Waals surface area contributed by atoms with Crippen LogP contribution in [0.4, 0.5) is 0 Å². The van der Waals surface area contributed by atoms with Crippen molar-refractivity contribution in [1.82, 2.24) is 4.57 Å². The zero-order valence-corrected chi connectivity index (χ0v) is 23.2. The minimum absolute atomic E-state index is 1.22. The molecule has 33 heavy (non-hydrogen) atoms. The number of unbranched alkanes of at least 4 members (excludes halogenated alkanes) is 19. The van der Waals surface area contributed by atoms with Crippen molar-refractivity contribution in [2.45, 2.75) is 182 Å². The van der Waals surface area contributed by atoms with Gasteiger partial charge in [-0.1, -0.05) is 130 Å². The maximum atomic E-state index is 2.60. The summed E-state index contributed by atoms with van der Waals surface area (Å²) in [5.41, 5.74) is 0. The second kappa shape index (κ2) is 23.0. The highest BCUT2D eigenvalue weighted by Gasteiger charge is 2.16. The summed E-state index contributed by atoms with van der Waals surface area (Å²) in [5.74, 6) is 1.61. The molecule has 0 saturated carbocycles. The Hall–Kier alpha value is -0.790. The van der Waals surface area contributed by atoms with Crippen LogP contribution in [0, 0.1) is 0 Å². The molecule has 0 aliphatic rings. The first-order chi connectivity index (χ1) is 16.3. The van der Waals surface area contributed by atoms with Crippen LogP contribution in [-0.2, 0) is 19.5 Å². The Morgan fingerprint density at radius 2 is 0.939 bits per heavy atom. The van der Waals surface area contributed by atoms with E-state index in [-0.39, 0.29) is 0 Å². The largest absolute Gasteiger partial charge is 0.256 e. The Bertz CT molecular complexity index is 519. The molecular weight excluding hydrogens is 400 g/mol. The average Bonchev–Trinajstić information content (AvgIpc) is 3.21. The number of aryl methyl sites for hydroxylation is 2. The lowest BCUT2D eigenvalue weighted by Gasteiger charge is -2.07. The second-order valence-corrected chi connectivity index (χ2v) is 10.6. The van der Waals surface area contributed by atoms with Crippen molar-refractivity contribution in [3.05, 3.63) is 18.2 Å². The molecule has 194 valence electrons. The van der Waals surface area contributed by atoms with Crippen LogP contribution < -0.4 is 4.57 Å². The number of imidazole rings is 1. The predicted octanol–water partition coefficient (Wildman–Crippen LogP) is 9.96. The molecule has 1 aromatic rings. The van der Waals surface area contributed by atoms with Gasteiger partial charge in [-0.05, 0) is 32.1 Å². The molecule has 0 aliphatic heterocycles. The van der Waals surface area contributed by atoms with Gasteiger partial charge < -0.3 is 0 Å². The Labute approximate surface area is 208 Å². The fraction of sp³-hybridized carbons (Fsp3) is 0.903. The van der Waals surface area contributed by atoms with Gasteiger partial charge in [0.1, 0.15) is 12.4 Å². The minimum Gasteiger partial charge on any atom is -0.234 e. The van der Waals surface area contributed by atoms with Crippen molar-refractivity contribution in [1.29, 1.82) is 0 Å². The van der Waals surface area contributed by atoms with E-state index in [2.05, 4.69) is 42.3 Å². The Balaban J connectivity index is 2.30. The molecule has 0 bridgehead atoms. The van der Waals surface area contributed by atoms with E-state index >= 15 is 0 Å². The molecule has 0 N–H and O–H groups in total. The molecule has 0 amide bonds. The van der Waals surface area contributed by atoms with Crippen molar-refractivity contribution >= 4 is 0 Å². The number of rotatable bonds is 25. The first-order valence-electron chi connectivity index (χ1n) is 15.4. The standard InChI is InChI=1S/C31H61N2/c1-4-7-10-13-15-16-17-18-19-21-23-26-31-32(27-24-12-9-6-3)29-30-33(31)28-25-22-20-14-11-8-5-2/h29-30H,4-28H2,1-3H3/q+1. The first kappa shape index (κ1) is 30.2. The van der Waals surface area contributed by atoms with Crippen molar-refractivity contribution < 1.29 is 4.57 Å². The average molecular weight is 462 g/mol. The summed E-state index contributed by atoms with van der Waals surface area (Å²) in [6.45, 7) is 9.37. The lowest BCUT2D eigenvalue weighted by Crippen LogP contribution is -2.37. The summed E-state index contributed by atoms with van der Waals surface area (Å²) in [6.07, 6.45) is 37.0. The maximum absolute atomic E-state index is 2.60. The normalized spacial score (nSPS) is 11.5. The third-order valence-corrected chi connectivity index (χ3v) is 7.35. The van der Waals surface area contributed by atoms with Crippen molar-refractivity contribution in [3.63, 3.8) is 0 Å². The molecule has 0 aromatic carbocycles. The van der Waals surface area contributed by atoms with Crippen molar-refractivity contribution in [2.24, 2.45) is 0 Å². The topological polar surface area (TPSA) is 8.81 Å². The third-order valence-electron chi connectivity index (χ3n) is 7.35. The number of aromatic nitrogens is 2.